The van der Waals surface area contributed by atoms with Crippen LogP contribution in [0.5, 0.6) is 0 Å². The fraction of sp³-hybridized carbons (Fsp3) is 0.526. The molecule has 1 saturated heterocycles. The Morgan fingerprint density at radius 2 is 2.00 bits per heavy atom. The summed E-state index contributed by atoms with van der Waals surface area (Å²) in [5.74, 6) is 0.712. The van der Waals surface area contributed by atoms with E-state index in [9.17, 15) is 4.79 Å². The molecule has 0 atom stereocenters. The van der Waals surface area contributed by atoms with Gasteiger partial charge in [0, 0.05) is 30.8 Å². The van der Waals surface area contributed by atoms with E-state index in [4.69, 9.17) is 4.74 Å². The second-order valence-corrected chi connectivity index (χ2v) is 8.52. The van der Waals surface area contributed by atoms with Crippen molar-refractivity contribution in [2.24, 2.45) is 0 Å². The smallest absolute Gasteiger partial charge is 0.410 e. The number of aromatic nitrogens is 5. The number of fused-ring (bicyclic) bond motifs is 3. The van der Waals surface area contributed by atoms with E-state index in [1.165, 1.54) is 0 Å². The van der Waals surface area contributed by atoms with E-state index in [-0.39, 0.29) is 12.1 Å². The number of likely N-dealkylation sites (N-methyl/N-ethyl adjacent to an activating group) is 1. The summed E-state index contributed by atoms with van der Waals surface area (Å²) in [6.07, 6.45) is 3.05. The molecule has 10 heteroatoms. The molecule has 0 spiro atoms. The molecule has 3 aromatic rings. The highest BCUT2D eigenvalue weighted by atomic mass is 79.9. The molecule has 0 bridgehead atoms. The average molecular weight is 464 g/mol. The van der Waals surface area contributed by atoms with Gasteiger partial charge in [0.15, 0.2) is 11.5 Å². The third-order valence-electron chi connectivity index (χ3n) is 4.42. The molecular formula is C19H26BrN7O2. The summed E-state index contributed by atoms with van der Waals surface area (Å²) < 4.78 is 8.17. The molecule has 0 unspecified atom stereocenters. The molecular weight excluding hydrogens is 438 g/mol. The van der Waals surface area contributed by atoms with Crippen molar-refractivity contribution in [3.63, 3.8) is 0 Å². The molecule has 3 aromatic heterocycles. The number of pyridine rings is 1. The topological polar surface area (TPSA) is 88.8 Å². The summed E-state index contributed by atoms with van der Waals surface area (Å²) in [6, 6.07) is 1.99. The first-order chi connectivity index (χ1) is 13.7. The number of hydrogen-bond donors (Lipinski definition) is 0. The average Bonchev–Trinajstić information content (AvgIpc) is 3.11. The van der Waals surface area contributed by atoms with Crippen molar-refractivity contribution in [3.05, 3.63) is 23.1 Å². The second-order valence-electron chi connectivity index (χ2n) is 7.61. The third kappa shape index (κ3) is 4.26. The lowest BCUT2D eigenvalue weighted by Gasteiger charge is -2.44. The van der Waals surface area contributed by atoms with Gasteiger partial charge in [-0.25, -0.2) is 14.8 Å². The lowest BCUT2D eigenvalue weighted by Crippen LogP contribution is -2.60. The Bertz CT molecular complexity index is 1020. The second kappa shape index (κ2) is 8.10. The highest BCUT2D eigenvalue weighted by Gasteiger charge is 2.36. The summed E-state index contributed by atoms with van der Waals surface area (Å²) in [4.78, 5) is 25.0. The van der Waals surface area contributed by atoms with Crippen LogP contribution in [0.3, 0.4) is 0 Å². The molecule has 1 fully saturated rings. The SMILES string of the molecule is CC.CN(C(=O)OC(C)(C)C)C1CN(c2nc3ncc(Br)cc3n3cnnc23)C1. The highest BCUT2D eigenvalue weighted by Crippen LogP contribution is 2.28. The third-order valence-corrected chi connectivity index (χ3v) is 4.86. The van der Waals surface area contributed by atoms with Crippen LogP contribution in [0.15, 0.2) is 23.1 Å². The molecule has 0 aliphatic carbocycles. The normalized spacial score (nSPS) is 14.4. The van der Waals surface area contributed by atoms with Crippen molar-refractivity contribution in [1.29, 1.82) is 0 Å². The Balaban J connectivity index is 0.00000117. The minimum atomic E-state index is -0.512. The number of rotatable bonds is 2. The number of hydrogen-bond acceptors (Lipinski definition) is 7. The fourth-order valence-corrected chi connectivity index (χ4v) is 3.29. The summed E-state index contributed by atoms with van der Waals surface area (Å²) >= 11 is 3.43. The van der Waals surface area contributed by atoms with Crippen LogP contribution in [-0.4, -0.2) is 67.3 Å². The lowest BCUT2D eigenvalue weighted by atomic mass is 10.1. The largest absolute Gasteiger partial charge is 0.444 e. The van der Waals surface area contributed by atoms with Crippen LogP contribution in [-0.2, 0) is 4.74 Å². The predicted molar refractivity (Wildman–Crippen MR) is 115 cm³/mol. The molecule has 0 saturated carbocycles. The van der Waals surface area contributed by atoms with Crippen molar-refractivity contribution in [2.45, 2.75) is 46.3 Å². The van der Waals surface area contributed by atoms with Gasteiger partial charge in [-0.2, -0.15) is 0 Å². The molecule has 0 N–H and O–H groups in total. The van der Waals surface area contributed by atoms with Gasteiger partial charge in [0.2, 0.25) is 5.65 Å². The Labute approximate surface area is 178 Å². The van der Waals surface area contributed by atoms with E-state index in [2.05, 4.69) is 41.0 Å². The number of nitrogens with zero attached hydrogens (tertiary/aromatic N) is 7. The lowest BCUT2D eigenvalue weighted by molar-refractivity contribution is 0.0197. The molecule has 29 heavy (non-hydrogen) atoms. The van der Waals surface area contributed by atoms with Gasteiger partial charge in [0.05, 0.1) is 11.6 Å². The molecule has 0 aromatic carbocycles. The molecule has 1 aliphatic rings. The Hall–Kier alpha value is -2.49. The molecule has 4 heterocycles. The summed E-state index contributed by atoms with van der Waals surface area (Å²) in [7, 11) is 1.76. The Morgan fingerprint density at radius 3 is 2.66 bits per heavy atom. The van der Waals surface area contributed by atoms with Crippen LogP contribution in [0.4, 0.5) is 10.6 Å². The van der Waals surface area contributed by atoms with Crippen LogP contribution in [0, 0.1) is 0 Å². The van der Waals surface area contributed by atoms with Gasteiger partial charge in [-0.3, -0.25) is 4.40 Å². The summed E-state index contributed by atoms with van der Waals surface area (Å²) in [5, 5.41) is 8.24. The monoisotopic (exact) mass is 463 g/mol. The molecule has 1 amide bonds. The first kappa shape index (κ1) is 21.2. The van der Waals surface area contributed by atoms with Gasteiger partial charge in [-0.15, -0.1) is 10.2 Å². The quantitative estimate of drug-likeness (QED) is 0.574. The van der Waals surface area contributed by atoms with E-state index in [0.717, 1.165) is 9.99 Å². The maximum Gasteiger partial charge on any atom is 0.410 e. The first-order valence-corrected chi connectivity index (χ1v) is 10.4. The predicted octanol–water partition coefficient (Wildman–Crippen LogP) is 3.52. The number of ether oxygens (including phenoxy) is 1. The zero-order valence-electron chi connectivity index (χ0n) is 17.5. The van der Waals surface area contributed by atoms with Gasteiger partial charge >= 0.3 is 6.09 Å². The zero-order valence-corrected chi connectivity index (χ0v) is 19.1. The van der Waals surface area contributed by atoms with Crippen molar-refractivity contribution >= 4 is 44.7 Å². The van der Waals surface area contributed by atoms with E-state index in [1.54, 1.807) is 24.5 Å². The molecule has 0 radical (unpaired) electrons. The van der Waals surface area contributed by atoms with Gasteiger partial charge < -0.3 is 14.5 Å². The first-order valence-electron chi connectivity index (χ1n) is 9.59. The van der Waals surface area contributed by atoms with Crippen molar-refractivity contribution in [3.8, 4) is 0 Å². The van der Waals surface area contributed by atoms with Gasteiger partial charge in [0.1, 0.15) is 11.9 Å². The summed E-state index contributed by atoms with van der Waals surface area (Å²) in [6.45, 7) is 10.9. The number of carbonyl (C=O) groups excluding carboxylic acids is 1. The minimum absolute atomic E-state index is 0.0539. The summed E-state index contributed by atoms with van der Waals surface area (Å²) in [5.41, 5.74) is 1.60. The van der Waals surface area contributed by atoms with E-state index in [0.29, 0.717) is 30.2 Å². The molecule has 4 rings (SSSR count). The molecule has 1 aliphatic heterocycles. The highest BCUT2D eigenvalue weighted by molar-refractivity contribution is 9.10. The van der Waals surface area contributed by atoms with Gasteiger partial charge in [-0.05, 0) is 42.8 Å². The molecule has 156 valence electrons. The zero-order chi connectivity index (χ0) is 21.3. The van der Waals surface area contributed by atoms with Crippen LogP contribution < -0.4 is 4.90 Å². The van der Waals surface area contributed by atoms with Crippen LogP contribution in [0.2, 0.25) is 0 Å². The number of anilines is 1. The van der Waals surface area contributed by atoms with Crippen molar-refractivity contribution < 1.29 is 9.53 Å². The van der Waals surface area contributed by atoms with Crippen LogP contribution in [0.25, 0.3) is 16.8 Å². The standard InChI is InChI=1S/C17H20BrN7O2.C2H6/c1-17(2,3)27-16(26)23(4)11-7-24(8-11)14-15-22-20-9-25(15)12-5-10(18)6-19-13(12)21-14;1-2/h5-6,9,11H,7-8H2,1-4H3;1-2H3. The van der Waals surface area contributed by atoms with E-state index < -0.39 is 5.60 Å². The van der Waals surface area contributed by atoms with E-state index in [1.807, 2.05) is 45.1 Å². The minimum Gasteiger partial charge on any atom is -0.444 e. The van der Waals surface area contributed by atoms with Crippen molar-refractivity contribution in [1.82, 2.24) is 29.5 Å². The van der Waals surface area contributed by atoms with E-state index >= 15 is 0 Å². The number of carbonyl (C=O) groups is 1. The Kier molecular flexibility index (Phi) is 5.92. The fourth-order valence-electron chi connectivity index (χ4n) is 2.97. The number of amides is 1. The van der Waals surface area contributed by atoms with Gasteiger partial charge in [-0.1, -0.05) is 13.8 Å². The van der Waals surface area contributed by atoms with Crippen molar-refractivity contribution in [2.75, 3.05) is 25.0 Å². The maximum atomic E-state index is 12.2. The van der Waals surface area contributed by atoms with Crippen LogP contribution >= 0.6 is 15.9 Å². The Morgan fingerprint density at radius 1 is 1.31 bits per heavy atom. The maximum absolute atomic E-state index is 12.2. The molecule has 9 nitrogen and oxygen atoms in total. The van der Waals surface area contributed by atoms with Gasteiger partial charge in [0.25, 0.3) is 0 Å². The number of halogens is 1. The van der Waals surface area contributed by atoms with Crippen LogP contribution in [0.1, 0.15) is 34.6 Å².